The Morgan fingerprint density at radius 3 is 1.56 bits per heavy atom. The predicted molar refractivity (Wildman–Crippen MR) is 226 cm³/mol. The third-order valence-electron chi connectivity index (χ3n) is 9.08. The van der Waals surface area contributed by atoms with E-state index in [9.17, 15) is 19.3 Å². The summed E-state index contributed by atoms with van der Waals surface area (Å²) in [4.78, 5) is 42.9. The quantitative estimate of drug-likeness (QED) is 0.0183. The monoisotopic (exact) mass is 795 g/mol. The van der Waals surface area contributed by atoms with Crippen LogP contribution in [-0.4, -0.2) is 52.3 Å². The molecule has 0 aromatic rings. The average molecular weight is 795 g/mol. The summed E-state index contributed by atoms with van der Waals surface area (Å²) < 4.78 is 26.3. The van der Waals surface area contributed by atoms with Crippen molar-refractivity contribution in [1.29, 1.82) is 0 Å². The molecule has 55 heavy (non-hydrogen) atoms. The van der Waals surface area contributed by atoms with Gasteiger partial charge in [-0.3, -0.25) is 14.1 Å². The van der Waals surface area contributed by atoms with Gasteiger partial charge in [-0.1, -0.05) is 184 Å². The molecule has 0 amide bonds. The number of unbranched alkanes of at least 4 members (excludes halogenated alkanes) is 15. The topological polar surface area (TPSA) is 140 Å². The van der Waals surface area contributed by atoms with E-state index in [1.54, 1.807) is 12.2 Å². The van der Waals surface area contributed by atoms with Gasteiger partial charge in [0.2, 0.25) is 0 Å². The SMILES string of the molecule is CC/C=C\C/C=C\C/C=C\C/C=C\C=C\C(O)CCCC(=O)OC[C@H](COP(=O)(O)O)OC(=O)CCCCCCCCCCCCCCCCCCC(C)C. The molecule has 0 radical (unpaired) electrons. The van der Waals surface area contributed by atoms with Crippen LogP contribution in [0.25, 0.3) is 0 Å². The largest absolute Gasteiger partial charge is 0.469 e. The maximum atomic E-state index is 12.4. The zero-order valence-electron chi connectivity index (χ0n) is 34.8. The van der Waals surface area contributed by atoms with Crippen molar-refractivity contribution < 1.29 is 43.0 Å². The molecule has 0 spiro atoms. The fourth-order valence-electron chi connectivity index (χ4n) is 5.88. The van der Waals surface area contributed by atoms with Crippen molar-refractivity contribution in [2.45, 2.75) is 193 Å². The minimum absolute atomic E-state index is 0.0355. The maximum Gasteiger partial charge on any atom is 0.469 e. The van der Waals surface area contributed by atoms with Crippen LogP contribution in [0.2, 0.25) is 0 Å². The first-order chi connectivity index (χ1) is 26.5. The summed E-state index contributed by atoms with van der Waals surface area (Å²) in [6.45, 7) is 5.75. The van der Waals surface area contributed by atoms with Gasteiger partial charge in [-0.25, -0.2) is 4.57 Å². The lowest BCUT2D eigenvalue weighted by molar-refractivity contribution is -0.161. The molecule has 0 saturated heterocycles. The molecule has 9 nitrogen and oxygen atoms in total. The maximum absolute atomic E-state index is 12.4. The average Bonchev–Trinajstić information content (AvgIpc) is 3.13. The highest BCUT2D eigenvalue weighted by Gasteiger charge is 2.23. The summed E-state index contributed by atoms with van der Waals surface area (Å²) in [7, 11) is -4.80. The van der Waals surface area contributed by atoms with Crippen LogP contribution < -0.4 is 0 Å². The van der Waals surface area contributed by atoms with Crippen LogP contribution in [0, 0.1) is 5.92 Å². The van der Waals surface area contributed by atoms with Crippen LogP contribution in [0.4, 0.5) is 0 Å². The first-order valence-electron chi connectivity index (χ1n) is 21.5. The van der Waals surface area contributed by atoms with Crippen molar-refractivity contribution in [1.82, 2.24) is 0 Å². The Hall–Kier alpha value is -2.29. The normalized spacial score (nSPS) is 13.7. The van der Waals surface area contributed by atoms with Crippen molar-refractivity contribution in [2.75, 3.05) is 13.2 Å². The minimum atomic E-state index is -4.80. The molecule has 0 heterocycles. The number of phosphoric acid groups is 1. The summed E-state index contributed by atoms with van der Waals surface area (Å²) in [5.41, 5.74) is 0. The molecule has 0 rings (SSSR count). The van der Waals surface area contributed by atoms with E-state index in [0.29, 0.717) is 19.3 Å². The van der Waals surface area contributed by atoms with E-state index in [2.05, 4.69) is 61.8 Å². The fraction of sp³-hybridized carbons (Fsp3) is 0.733. The van der Waals surface area contributed by atoms with Gasteiger partial charge in [0.15, 0.2) is 6.10 Å². The lowest BCUT2D eigenvalue weighted by atomic mass is 10.0. The second-order valence-electron chi connectivity index (χ2n) is 15.0. The van der Waals surface area contributed by atoms with Crippen LogP contribution in [0.3, 0.4) is 0 Å². The molecular weight excluding hydrogens is 715 g/mol. The Morgan fingerprint density at radius 2 is 1.05 bits per heavy atom. The number of hydrogen-bond acceptors (Lipinski definition) is 7. The van der Waals surface area contributed by atoms with Gasteiger partial charge in [0, 0.05) is 12.8 Å². The number of aliphatic hydroxyl groups is 1. The Labute approximate surface area is 335 Å². The molecule has 0 fully saturated rings. The molecule has 2 atom stereocenters. The number of rotatable bonds is 38. The lowest BCUT2D eigenvalue weighted by Crippen LogP contribution is -2.29. The first kappa shape index (κ1) is 52.7. The lowest BCUT2D eigenvalue weighted by Gasteiger charge is -2.18. The number of esters is 2. The van der Waals surface area contributed by atoms with Gasteiger partial charge < -0.3 is 24.4 Å². The van der Waals surface area contributed by atoms with Gasteiger partial charge in [0.1, 0.15) is 6.61 Å². The zero-order chi connectivity index (χ0) is 40.7. The van der Waals surface area contributed by atoms with E-state index in [-0.39, 0.29) is 19.4 Å². The van der Waals surface area contributed by atoms with E-state index in [1.165, 1.54) is 83.5 Å². The van der Waals surface area contributed by atoms with Crippen LogP contribution >= 0.6 is 7.82 Å². The van der Waals surface area contributed by atoms with Crippen LogP contribution in [0.5, 0.6) is 0 Å². The molecule has 0 aliphatic rings. The molecule has 318 valence electrons. The third kappa shape index (κ3) is 42.7. The van der Waals surface area contributed by atoms with E-state index >= 15 is 0 Å². The zero-order valence-corrected chi connectivity index (χ0v) is 35.7. The molecule has 0 saturated carbocycles. The molecule has 0 aromatic heterocycles. The predicted octanol–water partition coefficient (Wildman–Crippen LogP) is 12.1. The highest BCUT2D eigenvalue weighted by molar-refractivity contribution is 7.46. The van der Waals surface area contributed by atoms with Crippen LogP contribution in [-0.2, 0) is 28.2 Å². The first-order valence-corrected chi connectivity index (χ1v) is 23.1. The summed E-state index contributed by atoms with van der Waals surface area (Å²) in [6, 6.07) is 0. The van der Waals surface area contributed by atoms with Gasteiger partial charge in [-0.2, -0.15) is 0 Å². The number of aliphatic hydroxyl groups excluding tert-OH is 1. The number of phosphoric ester groups is 1. The van der Waals surface area contributed by atoms with Crippen molar-refractivity contribution >= 4 is 19.8 Å². The molecule has 10 heteroatoms. The third-order valence-corrected chi connectivity index (χ3v) is 9.57. The van der Waals surface area contributed by atoms with E-state index < -0.39 is 38.6 Å². The summed E-state index contributed by atoms with van der Waals surface area (Å²) in [5, 5.41) is 10.2. The van der Waals surface area contributed by atoms with Crippen LogP contribution in [0.1, 0.15) is 181 Å². The van der Waals surface area contributed by atoms with Crippen molar-refractivity contribution in [3.05, 3.63) is 60.8 Å². The summed E-state index contributed by atoms with van der Waals surface area (Å²) >= 11 is 0. The minimum Gasteiger partial charge on any atom is -0.462 e. The smallest absolute Gasteiger partial charge is 0.462 e. The number of carbonyl (C=O) groups is 2. The number of ether oxygens (including phenoxy) is 2. The van der Waals surface area contributed by atoms with Gasteiger partial charge >= 0.3 is 19.8 Å². The molecule has 3 N–H and O–H groups in total. The molecule has 0 aromatic carbocycles. The molecule has 0 aliphatic carbocycles. The highest BCUT2D eigenvalue weighted by Crippen LogP contribution is 2.36. The second kappa shape index (κ2) is 38.6. The van der Waals surface area contributed by atoms with E-state index in [1.807, 2.05) is 12.2 Å². The molecule has 0 bridgehead atoms. The Kier molecular flexibility index (Phi) is 37.0. The summed E-state index contributed by atoms with van der Waals surface area (Å²) in [5.74, 6) is -0.256. The molecule has 0 aliphatic heterocycles. The Morgan fingerprint density at radius 1 is 0.582 bits per heavy atom. The molecule has 1 unspecified atom stereocenters. The van der Waals surface area contributed by atoms with Gasteiger partial charge in [-0.15, -0.1) is 0 Å². The standard InChI is InChI=1S/C45H79O9P/c1-4-5-6-7-8-9-10-15-19-22-25-28-31-35-42(46)36-33-38-44(47)52-39-43(40-53-55(49,50)51)54-45(48)37-32-29-26-23-20-17-14-12-11-13-16-18-21-24-27-30-34-41(2)3/h5-6,8-9,15,19,25,28,31,35,41-43,46H,4,7,10-14,16-18,20-24,26-27,29-30,32-34,36-40H2,1-3H3,(H2,49,50,51)/b6-5-,9-8-,19-15-,28-25-,35-31+/t42?,43-/m1/s1. The fourth-order valence-corrected chi connectivity index (χ4v) is 6.24. The highest BCUT2D eigenvalue weighted by atomic mass is 31.2. The van der Waals surface area contributed by atoms with Gasteiger partial charge in [0.05, 0.1) is 12.7 Å². The van der Waals surface area contributed by atoms with E-state index in [4.69, 9.17) is 19.3 Å². The van der Waals surface area contributed by atoms with Crippen molar-refractivity contribution in [2.24, 2.45) is 5.92 Å². The molecular formula is C45H79O9P. The Balaban J connectivity index is 4.07. The summed E-state index contributed by atoms with van der Waals surface area (Å²) in [6.07, 6.45) is 44.1. The van der Waals surface area contributed by atoms with Crippen molar-refractivity contribution in [3.63, 3.8) is 0 Å². The van der Waals surface area contributed by atoms with E-state index in [0.717, 1.165) is 50.9 Å². The number of allylic oxidation sites excluding steroid dienone is 9. The number of hydrogen-bond donors (Lipinski definition) is 3. The number of carbonyl (C=O) groups excluding carboxylic acids is 2. The van der Waals surface area contributed by atoms with Crippen molar-refractivity contribution in [3.8, 4) is 0 Å². The Bertz CT molecular complexity index is 1110. The second-order valence-corrected chi connectivity index (χ2v) is 16.2. The van der Waals surface area contributed by atoms with Crippen LogP contribution in [0.15, 0.2) is 60.8 Å². The van der Waals surface area contributed by atoms with Gasteiger partial charge in [-0.05, 0) is 50.9 Å². The van der Waals surface area contributed by atoms with Gasteiger partial charge in [0.25, 0.3) is 0 Å².